The Kier molecular flexibility index (Phi) is 5.82. The highest BCUT2D eigenvalue weighted by molar-refractivity contribution is 9.10. The Hall–Kier alpha value is -0.910. The minimum Gasteiger partial charge on any atom is -0.313 e. The number of hydrogen-bond donors (Lipinski definition) is 1. The minimum absolute atomic E-state index is 0.782. The summed E-state index contributed by atoms with van der Waals surface area (Å²) in [6, 6.07) is 8.19. The van der Waals surface area contributed by atoms with Crippen molar-refractivity contribution in [2.24, 2.45) is 0 Å². The van der Waals surface area contributed by atoms with Crippen LogP contribution < -0.4 is 5.32 Å². The first-order valence-electron chi connectivity index (χ1n) is 6.17. The van der Waals surface area contributed by atoms with Crippen LogP contribution in [0.15, 0.2) is 46.0 Å². The Bertz CT molecular complexity index is 516. The molecule has 2 rings (SSSR count). The topological polar surface area (TPSA) is 37.8 Å². The maximum Gasteiger partial charge on any atom is 0.138 e. The van der Waals surface area contributed by atoms with Gasteiger partial charge >= 0.3 is 0 Å². The van der Waals surface area contributed by atoms with Crippen LogP contribution in [0.3, 0.4) is 0 Å². The van der Waals surface area contributed by atoms with Gasteiger partial charge in [0.2, 0.25) is 0 Å². The summed E-state index contributed by atoms with van der Waals surface area (Å²) in [5.41, 5.74) is 1.12. The number of thioether (sulfide) groups is 1. The van der Waals surface area contributed by atoms with Crippen LogP contribution in [0.2, 0.25) is 0 Å². The second-order valence-electron chi connectivity index (χ2n) is 4.01. The highest BCUT2D eigenvalue weighted by atomic mass is 79.9. The van der Waals surface area contributed by atoms with Gasteiger partial charge < -0.3 is 5.32 Å². The molecule has 0 aliphatic rings. The molecule has 0 radical (unpaired) electrons. The summed E-state index contributed by atoms with van der Waals surface area (Å²) in [6.45, 7) is 3.87. The monoisotopic (exact) mass is 337 g/mol. The molecule has 0 amide bonds. The highest BCUT2D eigenvalue weighted by Gasteiger charge is 2.02. The van der Waals surface area contributed by atoms with E-state index in [0.717, 1.165) is 34.7 Å². The van der Waals surface area contributed by atoms with Gasteiger partial charge in [0.15, 0.2) is 0 Å². The first-order valence-corrected chi connectivity index (χ1v) is 7.95. The molecule has 0 unspecified atom stereocenters. The average molecular weight is 338 g/mol. The van der Waals surface area contributed by atoms with Crippen molar-refractivity contribution < 1.29 is 0 Å². The quantitative estimate of drug-likeness (QED) is 0.816. The van der Waals surface area contributed by atoms with Crippen molar-refractivity contribution in [3.63, 3.8) is 0 Å². The summed E-state index contributed by atoms with van der Waals surface area (Å²) in [6.07, 6.45) is 3.79. The normalized spacial score (nSPS) is 10.6. The number of rotatable bonds is 6. The van der Waals surface area contributed by atoms with E-state index in [2.05, 4.69) is 44.2 Å². The lowest BCUT2D eigenvalue weighted by atomic mass is 10.3. The van der Waals surface area contributed by atoms with Crippen LogP contribution in [0.5, 0.6) is 0 Å². The van der Waals surface area contributed by atoms with E-state index < -0.39 is 0 Å². The number of benzene rings is 1. The fourth-order valence-electron chi connectivity index (χ4n) is 1.52. The smallest absolute Gasteiger partial charge is 0.138 e. The molecule has 1 aromatic carbocycles. The van der Waals surface area contributed by atoms with Gasteiger partial charge in [-0.05, 0) is 34.6 Å². The van der Waals surface area contributed by atoms with Gasteiger partial charge in [0.25, 0.3) is 0 Å². The van der Waals surface area contributed by atoms with Crippen molar-refractivity contribution in [3.05, 3.63) is 52.5 Å². The largest absolute Gasteiger partial charge is 0.313 e. The Labute approximate surface area is 126 Å². The molecule has 100 valence electrons. The first kappa shape index (κ1) is 14.5. The van der Waals surface area contributed by atoms with Crippen LogP contribution >= 0.6 is 27.7 Å². The Morgan fingerprint density at radius 1 is 1.21 bits per heavy atom. The van der Waals surface area contributed by atoms with Crippen LogP contribution in [-0.4, -0.2) is 16.5 Å². The second-order valence-corrected chi connectivity index (χ2v) is 5.88. The molecule has 0 fully saturated rings. The molecule has 1 heterocycles. The summed E-state index contributed by atoms with van der Waals surface area (Å²) in [5.74, 6) is 1.64. The molecule has 0 saturated heterocycles. The second kappa shape index (κ2) is 7.62. The summed E-state index contributed by atoms with van der Waals surface area (Å²) >= 11 is 5.28. The van der Waals surface area contributed by atoms with E-state index in [1.54, 1.807) is 11.8 Å². The predicted molar refractivity (Wildman–Crippen MR) is 83.1 cm³/mol. The number of nitrogens with one attached hydrogen (secondary N) is 1. The lowest BCUT2D eigenvalue weighted by Gasteiger charge is -2.04. The fraction of sp³-hybridized carbons (Fsp3) is 0.286. The van der Waals surface area contributed by atoms with E-state index in [1.807, 2.05) is 30.6 Å². The number of halogens is 1. The third-order valence-electron chi connectivity index (χ3n) is 2.53. The molecule has 0 spiro atoms. The molecular formula is C14H16BrN3S. The molecule has 19 heavy (non-hydrogen) atoms. The Morgan fingerprint density at radius 3 is 2.63 bits per heavy atom. The summed E-state index contributed by atoms with van der Waals surface area (Å²) in [5, 5.41) is 3.26. The molecule has 0 saturated carbocycles. The molecule has 0 bridgehead atoms. The van der Waals surface area contributed by atoms with Crippen molar-refractivity contribution in [2.45, 2.75) is 24.1 Å². The van der Waals surface area contributed by atoms with Gasteiger partial charge in [-0.3, -0.25) is 0 Å². The molecule has 0 aliphatic heterocycles. The van der Waals surface area contributed by atoms with Gasteiger partial charge in [-0.2, -0.15) is 0 Å². The van der Waals surface area contributed by atoms with E-state index in [9.17, 15) is 0 Å². The summed E-state index contributed by atoms with van der Waals surface area (Å²) < 4.78 is 1.11. The van der Waals surface area contributed by atoms with Crippen molar-refractivity contribution in [1.29, 1.82) is 0 Å². The molecule has 5 heteroatoms. The third-order valence-corrected chi connectivity index (χ3v) is 4.55. The van der Waals surface area contributed by atoms with E-state index >= 15 is 0 Å². The average Bonchev–Trinajstić information content (AvgIpc) is 2.45. The number of nitrogens with zero attached hydrogens (tertiary/aromatic N) is 2. The van der Waals surface area contributed by atoms with Crippen LogP contribution in [0.4, 0.5) is 0 Å². The van der Waals surface area contributed by atoms with E-state index in [-0.39, 0.29) is 0 Å². The lowest BCUT2D eigenvalue weighted by molar-refractivity contribution is 0.719. The van der Waals surface area contributed by atoms with Crippen LogP contribution in [-0.2, 0) is 12.3 Å². The van der Waals surface area contributed by atoms with Crippen LogP contribution in [0, 0.1) is 0 Å². The van der Waals surface area contributed by atoms with Crippen molar-refractivity contribution in [3.8, 4) is 0 Å². The minimum atomic E-state index is 0.782. The fourth-order valence-corrected chi connectivity index (χ4v) is 2.96. The van der Waals surface area contributed by atoms with E-state index in [0.29, 0.717) is 0 Å². The van der Waals surface area contributed by atoms with Crippen LogP contribution in [0.1, 0.15) is 18.3 Å². The zero-order valence-corrected chi connectivity index (χ0v) is 13.2. The number of aromatic nitrogens is 2. The van der Waals surface area contributed by atoms with Gasteiger partial charge in [0.1, 0.15) is 5.82 Å². The lowest BCUT2D eigenvalue weighted by Crippen LogP contribution is -2.12. The van der Waals surface area contributed by atoms with Gasteiger partial charge in [0.05, 0.1) is 5.75 Å². The zero-order chi connectivity index (χ0) is 13.5. The molecule has 1 N–H and O–H groups in total. The van der Waals surface area contributed by atoms with E-state index in [1.165, 1.54) is 4.90 Å². The van der Waals surface area contributed by atoms with Gasteiger partial charge in [-0.15, -0.1) is 11.8 Å². The highest BCUT2D eigenvalue weighted by Crippen LogP contribution is 2.28. The molecule has 0 atom stereocenters. The Morgan fingerprint density at radius 2 is 1.95 bits per heavy atom. The maximum atomic E-state index is 4.39. The Balaban J connectivity index is 1.91. The van der Waals surface area contributed by atoms with Crippen molar-refractivity contribution in [1.82, 2.24) is 15.3 Å². The molecule has 3 nitrogen and oxygen atoms in total. The van der Waals surface area contributed by atoms with E-state index in [4.69, 9.17) is 0 Å². The van der Waals surface area contributed by atoms with Gasteiger partial charge in [-0.25, -0.2) is 9.97 Å². The SMILES string of the molecule is CCNCc1cnc(CSc2ccccc2Br)nc1. The zero-order valence-electron chi connectivity index (χ0n) is 10.8. The van der Waals surface area contributed by atoms with Gasteiger partial charge in [-0.1, -0.05) is 19.1 Å². The molecule has 0 aliphatic carbocycles. The molecule has 1 aromatic heterocycles. The standard InChI is InChI=1S/C14H16BrN3S/c1-2-16-7-11-8-17-14(18-9-11)10-19-13-6-4-3-5-12(13)15/h3-6,8-9,16H,2,7,10H2,1H3. The summed E-state index contributed by atoms with van der Waals surface area (Å²) in [7, 11) is 0. The predicted octanol–water partition coefficient (Wildman–Crippen LogP) is 3.64. The first-order chi connectivity index (χ1) is 9.29. The summed E-state index contributed by atoms with van der Waals surface area (Å²) in [4.78, 5) is 9.99. The molecular weight excluding hydrogens is 322 g/mol. The maximum absolute atomic E-state index is 4.39. The van der Waals surface area contributed by atoms with Crippen molar-refractivity contribution >= 4 is 27.7 Å². The van der Waals surface area contributed by atoms with Gasteiger partial charge in [0, 0.05) is 33.9 Å². The number of hydrogen-bond acceptors (Lipinski definition) is 4. The van der Waals surface area contributed by atoms with Crippen molar-refractivity contribution in [2.75, 3.05) is 6.54 Å². The van der Waals surface area contributed by atoms with Crippen LogP contribution in [0.25, 0.3) is 0 Å². The molecule has 2 aromatic rings. The third kappa shape index (κ3) is 4.60.